The lowest BCUT2D eigenvalue weighted by Crippen LogP contribution is -2.24. The molecule has 8 heteroatoms. The molecule has 1 aromatic heterocycles. The van der Waals surface area contributed by atoms with Crippen molar-refractivity contribution in [1.82, 2.24) is 10.2 Å². The number of rotatable bonds is 5. The first-order valence-corrected chi connectivity index (χ1v) is 9.96. The largest absolute Gasteiger partial charge is 0.359 e. The Balaban J connectivity index is 1.58. The Labute approximate surface area is 138 Å². The highest BCUT2D eigenvalue weighted by molar-refractivity contribution is 7.92. The van der Waals surface area contributed by atoms with Crippen molar-refractivity contribution in [2.75, 3.05) is 17.6 Å². The smallest absolute Gasteiger partial charge is 0.205 e. The van der Waals surface area contributed by atoms with Crippen molar-refractivity contribution in [3.05, 3.63) is 39.9 Å². The first kappa shape index (κ1) is 15.7. The number of aromatic nitrogens is 2. The molecule has 22 heavy (non-hydrogen) atoms. The number of sulfone groups is 1. The fourth-order valence-corrected chi connectivity index (χ4v) is 5.13. The number of hydrogen-bond donors (Lipinski definition) is 1. The minimum Gasteiger partial charge on any atom is -0.359 e. The number of nitrogens with one attached hydrogen (secondary N) is 1. The third-order valence-corrected chi connectivity index (χ3v) is 7.09. The van der Waals surface area contributed by atoms with Crippen molar-refractivity contribution in [2.24, 2.45) is 0 Å². The maximum absolute atomic E-state index is 11.8. The van der Waals surface area contributed by atoms with Crippen LogP contribution < -0.4 is 5.32 Å². The summed E-state index contributed by atoms with van der Waals surface area (Å²) in [7, 11) is -2.92. The van der Waals surface area contributed by atoms with Crippen molar-refractivity contribution in [3.63, 3.8) is 0 Å². The van der Waals surface area contributed by atoms with E-state index in [4.69, 9.17) is 11.6 Å². The van der Waals surface area contributed by atoms with Crippen LogP contribution in [0.2, 0.25) is 5.02 Å². The van der Waals surface area contributed by atoms with E-state index in [9.17, 15) is 8.42 Å². The Hall–Kier alpha value is -1.18. The highest BCUT2D eigenvalue weighted by Crippen LogP contribution is 2.23. The summed E-state index contributed by atoms with van der Waals surface area (Å²) in [6.07, 6.45) is 2.18. The van der Waals surface area contributed by atoms with Gasteiger partial charge in [-0.2, -0.15) is 0 Å². The van der Waals surface area contributed by atoms with Crippen molar-refractivity contribution in [3.8, 4) is 0 Å². The molecule has 3 rings (SSSR count). The van der Waals surface area contributed by atoms with Crippen LogP contribution in [0.3, 0.4) is 0 Å². The van der Waals surface area contributed by atoms with Gasteiger partial charge >= 0.3 is 0 Å². The predicted molar refractivity (Wildman–Crippen MR) is 89.5 cm³/mol. The molecule has 118 valence electrons. The molecule has 1 unspecified atom stereocenters. The Morgan fingerprint density at radius 1 is 1.27 bits per heavy atom. The van der Waals surface area contributed by atoms with Gasteiger partial charge in [0.25, 0.3) is 0 Å². The molecular weight excluding hydrogens is 342 g/mol. The van der Waals surface area contributed by atoms with Crippen molar-refractivity contribution < 1.29 is 8.42 Å². The third kappa shape index (κ3) is 3.77. The summed E-state index contributed by atoms with van der Waals surface area (Å²) in [6.45, 7) is 0.415. The lowest BCUT2D eigenvalue weighted by atomic mass is 10.2. The quantitative estimate of drug-likeness (QED) is 0.890. The fourth-order valence-electron chi connectivity index (χ4n) is 2.46. The average molecular weight is 358 g/mol. The van der Waals surface area contributed by atoms with Gasteiger partial charge in [-0.3, -0.25) is 0 Å². The summed E-state index contributed by atoms with van der Waals surface area (Å²) in [5, 5.41) is 13.3. The molecule has 1 aliphatic rings. The van der Waals surface area contributed by atoms with Crippen LogP contribution in [0.15, 0.2) is 24.3 Å². The Kier molecular flexibility index (Phi) is 4.65. The van der Waals surface area contributed by atoms with Crippen LogP contribution in [-0.4, -0.2) is 36.2 Å². The first-order valence-electron chi connectivity index (χ1n) is 7.05. The lowest BCUT2D eigenvalue weighted by molar-refractivity contribution is 0.591. The second-order valence-electron chi connectivity index (χ2n) is 5.32. The summed E-state index contributed by atoms with van der Waals surface area (Å²) in [5.41, 5.74) is 1.12. The average Bonchev–Trinajstić information content (AvgIpc) is 3.05. The minimum absolute atomic E-state index is 0.295. The van der Waals surface area contributed by atoms with Crippen LogP contribution >= 0.6 is 22.9 Å². The molecule has 0 spiro atoms. The molecule has 0 amide bonds. The second kappa shape index (κ2) is 6.52. The number of halogens is 1. The highest BCUT2D eigenvalue weighted by atomic mass is 35.5. The molecule has 2 heterocycles. The van der Waals surface area contributed by atoms with Gasteiger partial charge in [-0.05, 0) is 30.5 Å². The summed E-state index contributed by atoms with van der Waals surface area (Å²) in [5.74, 6) is 0.303. The fraction of sp³-hybridized carbons (Fsp3) is 0.429. The molecular formula is C14H16ClN3O2S2. The number of nitrogens with zero attached hydrogens (tertiary/aromatic N) is 2. The standard InChI is InChI=1S/C14H16ClN3O2S2/c15-11-5-3-10(4-6-11)8-13-17-18-14(21-13)16-9-12-2-1-7-22(12,19)20/h3-6,12H,1-2,7-9H2,(H,16,18). The predicted octanol–water partition coefficient (Wildman–Crippen LogP) is 2.77. The van der Waals surface area contributed by atoms with Gasteiger partial charge in [-0.1, -0.05) is 35.1 Å². The van der Waals surface area contributed by atoms with Gasteiger partial charge in [0, 0.05) is 18.0 Å². The van der Waals surface area contributed by atoms with Gasteiger partial charge in [0.15, 0.2) is 9.84 Å². The van der Waals surface area contributed by atoms with E-state index in [0.29, 0.717) is 28.9 Å². The maximum atomic E-state index is 11.8. The molecule has 0 saturated carbocycles. The lowest BCUT2D eigenvalue weighted by Gasteiger charge is -2.08. The molecule has 0 radical (unpaired) electrons. The molecule has 0 aliphatic carbocycles. The van der Waals surface area contributed by atoms with Crippen molar-refractivity contribution in [1.29, 1.82) is 0 Å². The van der Waals surface area contributed by atoms with Crippen LogP contribution in [-0.2, 0) is 16.3 Å². The third-order valence-electron chi connectivity index (χ3n) is 3.68. The maximum Gasteiger partial charge on any atom is 0.205 e. The van der Waals surface area contributed by atoms with Gasteiger partial charge in [0.1, 0.15) is 5.01 Å². The molecule has 0 bridgehead atoms. The summed E-state index contributed by atoms with van der Waals surface area (Å²) < 4.78 is 23.5. The van der Waals surface area contributed by atoms with Crippen LogP contribution in [0.5, 0.6) is 0 Å². The van der Waals surface area contributed by atoms with E-state index in [-0.39, 0.29) is 5.25 Å². The van der Waals surface area contributed by atoms with Gasteiger partial charge in [-0.15, -0.1) is 10.2 Å². The topological polar surface area (TPSA) is 72.0 Å². The van der Waals surface area contributed by atoms with Crippen molar-refractivity contribution in [2.45, 2.75) is 24.5 Å². The van der Waals surface area contributed by atoms with Crippen LogP contribution in [0, 0.1) is 0 Å². The van der Waals surface area contributed by atoms with E-state index in [1.54, 1.807) is 0 Å². The molecule has 1 aliphatic heterocycles. The van der Waals surface area contributed by atoms with E-state index in [1.807, 2.05) is 24.3 Å². The number of anilines is 1. The monoisotopic (exact) mass is 357 g/mol. The molecule has 1 N–H and O–H groups in total. The van der Waals surface area contributed by atoms with Gasteiger partial charge in [-0.25, -0.2) is 8.42 Å². The SMILES string of the molecule is O=S1(=O)CCCC1CNc1nnc(Cc2ccc(Cl)cc2)s1. The van der Waals surface area contributed by atoms with Crippen LogP contribution in [0.1, 0.15) is 23.4 Å². The van der Waals surface area contributed by atoms with E-state index in [0.717, 1.165) is 23.4 Å². The summed E-state index contributed by atoms with van der Waals surface area (Å²) >= 11 is 7.32. The van der Waals surface area contributed by atoms with Crippen LogP contribution in [0.25, 0.3) is 0 Å². The zero-order valence-electron chi connectivity index (χ0n) is 11.8. The molecule has 1 saturated heterocycles. The zero-order chi connectivity index (χ0) is 15.6. The zero-order valence-corrected chi connectivity index (χ0v) is 14.2. The van der Waals surface area contributed by atoms with E-state index in [1.165, 1.54) is 11.3 Å². The Morgan fingerprint density at radius 3 is 2.73 bits per heavy atom. The normalized spacial score (nSPS) is 20.1. The molecule has 2 aromatic rings. The summed E-state index contributed by atoms with van der Waals surface area (Å²) in [6, 6.07) is 7.62. The summed E-state index contributed by atoms with van der Waals surface area (Å²) in [4.78, 5) is 0. The van der Waals surface area contributed by atoms with Gasteiger partial charge < -0.3 is 5.32 Å². The Bertz CT molecular complexity index is 744. The molecule has 1 aromatic carbocycles. The van der Waals surface area contributed by atoms with Crippen molar-refractivity contribution >= 4 is 37.9 Å². The highest BCUT2D eigenvalue weighted by Gasteiger charge is 2.31. The second-order valence-corrected chi connectivity index (χ2v) is 9.22. The van der Waals surface area contributed by atoms with E-state index >= 15 is 0 Å². The molecule has 1 atom stereocenters. The van der Waals surface area contributed by atoms with E-state index < -0.39 is 9.84 Å². The Morgan fingerprint density at radius 2 is 2.05 bits per heavy atom. The number of hydrogen-bond acceptors (Lipinski definition) is 6. The molecule has 5 nitrogen and oxygen atoms in total. The molecule has 1 fully saturated rings. The van der Waals surface area contributed by atoms with Gasteiger partial charge in [0.05, 0.1) is 11.0 Å². The van der Waals surface area contributed by atoms with Gasteiger partial charge in [0.2, 0.25) is 5.13 Å². The van der Waals surface area contributed by atoms with Crippen LogP contribution in [0.4, 0.5) is 5.13 Å². The van der Waals surface area contributed by atoms with E-state index in [2.05, 4.69) is 15.5 Å². The number of benzene rings is 1. The first-order chi connectivity index (χ1) is 10.5. The minimum atomic E-state index is -2.92.